The second kappa shape index (κ2) is 7.52. The summed E-state index contributed by atoms with van der Waals surface area (Å²) < 4.78 is 7.48. The summed E-state index contributed by atoms with van der Waals surface area (Å²) in [6, 6.07) is 9.89. The molecule has 0 unspecified atom stereocenters. The number of morpholine rings is 1. The smallest absolute Gasteiger partial charge is 0.247 e. The molecule has 1 saturated heterocycles. The standard InChI is InChI=1S/C16H24N6O/c1-13-11-21(12-14(2)23-13)10-6-9-17-16-18-19-20-22(16)15-7-4-3-5-8-15/h3-5,7-8,13-14H,6,9-12H2,1-2H3,(H,17,18,20)/t13-,14-/m1/s1. The van der Waals surface area contributed by atoms with Gasteiger partial charge in [-0.3, -0.25) is 4.90 Å². The summed E-state index contributed by atoms with van der Waals surface area (Å²) in [6.07, 6.45) is 1.68. The highest BCUT2D eigenvalue weighted by Crippen LogP contribution is 2.12. The van der Waals surface area contributed by atoms with Gasteiger partial charge in [-0.15, -0.1) is 0 Å². The van der Waals surface area contributed by atoms with Gasteiger partial charge in [0.1, 0.15) is 0 Å². The first-order valence-electron chi connectivity index (χ1n) is 8.18. The molecule has 0 saturated carbocycles. The highest BCUT2D eigenvalue weighted by atomic mass is 16.5. The summed E-state index contributed by atoms with van der Waals surface area (Å²) in [4.78, 5) is 2.46. The van der Waals surface area contributed by atoms with Gasteiger partial charge in [-0.25, -0.2) is 0 Å². The zero-order chi connectivity index (χ0) is 16.1. The van der Waals surface area contributed by atoms with Crippen molar-refractivity contribution in [1.82, 2.24) is 25.1 Å². The van der Waals surface area contributed by atoms with Crippen LogP contribution >= 0.6 is 0 Å². The van der Waals surface area contributed by atoms with Gasteiger partial charge in [-0.1, -0.05) is 23.3 Å². The molecular formula is C16H24N6O. The van der Waals surface area contributed by atoms with Crippen LogP contribution in [0, 0.1) is 0 Å². The van der Waals surface area contributed by atoms with E-state index in [-0.39, 0.29) is 0 Å². The van der Waals surface area contributed by atoms with Gasteiger partial charge in [0.25, 0.3) is 0 Å². The van der Waals surface area contributed by atoms with Crippen LogP contribution in [0.2, 0.25) is 0 Å². The predicted octanol–water partition coefficient (Wildman–Crippen LogP) is 1.57. The lowest BCUT2D eigenvalue weighted by atomic mass is 10.2. The zero-order valence-corrected chi connectivity index (χ0v) is 13.7. The minimum atomic E-state index is 0.317. The molecule has 23 heavy (non-hydrogen) atoms. The van der Waals surface area contributed by atoms with Crippen LogP contribution in [-0.4, -0.2) is 63.5 Å². The van der Waals surface area contributed by atoms with Crippen molar-refractivity contribution in [3.63, 3.8) is 0 Å². The van der Waals surface area contributed by atoms with Crippen LogP contribution in [0.4, 0.5) is 5.95 Å². The van der Waals surface area contributed by atoms with Gasteiger partial charge < -0.3 is 10.1 Å². The Labute approximate surface area is 136 Å². The third kappa shape index (κ3) is 4.27. The molecule has 0 bridgehead atoms. The maximum absolute atomic E-state index is 5.76. The van der Waals surface area contributed by atoms with Crippen LogP contribution in [0.15, 0.2) is 30.3 Å². The Balaban J connectivity index is 1.47. The van der Waals surface area contributed by atoms with Gasteiger partial charge >= 0.3 is 0 Å². The van der Waals surface area contributed by atoms with Crippen LogP contribution in [0.5, 0.6) is 0 Å². The molecule has 124 valence electrons. The van der Waals surface area contributed by atoms with Crippen molar-refractivity contribution in [1.29, 1.82) is 0 Å². The number of hydrogen-bond acceptors (Lipinski definition) is 6. The molecule has 0 aliphatic carbocycles. The lowest BCUT2D eigenvalue weighted by Crippen LogP contribution is -2.45. The molecule has 2 heterocycles. The molecule has 1 aromatic heterocycles. The van der Waals surface area contributed by atoms with Crippen molar-refractivity contribution in [3.05, 3.63) is 30.3 Å². The third-order valence-corrected chi connectivity index (χ3v) is 3.90. The van der Waals surface area contributed by atoms with E-state index in [9.17, 15) is 0 Å². The largest absolute Gasteiger partial charge is 0.373 e. The Bertz CT molecular complexity index is 592. The van der Waals surface area contributed by atoms with Crippen molar-refractivity contribution < 1.29 is 4.74 Å². The number of rotatable bonds is 6. The number of hydrogen-bond donors (Lipinski definition) is 1. The molecule has 0 spiro atoms. The molecule has 2 atom stereocenters. The van der Waals surface area contributed by atoms with Crippen LogP contribution in [0.1, 0.15) is 20.3 Å². The van der Waals surface area contributed by atoms with Crippen molar-refractivity contribution in [3.8, 4) is 5.69 Å². The number of ether oxygens (including phenoxy) is 1. The summed E-state index contributed by atoms with van der Waals surface area (Å²) >= 11 is 0. The maximum Gasteiger partial charge on any atom is 0.247 e. The normalized spacial score (nSPS) is 22.2. The molecule has 1 fully saturated rings. The van der Waals surface area contributed by atoms with Crippen molar-refractivity contribution >= 4 is 5.95 Å². The Kier molecular flexibility index (Phi) is 5.19. The van der Waals surface area contributed by atoms with Crippen LogP contribution < -0.4 is 5.32 Å². The van der Waals surface area contributed by atoms with E-state index in [0.29, 0.717) is 18.2 Å². The molecule has 7 nitrogen and oxygen atoms in total. The SMILES string of the molecule is C[C@@H]1CN(CCCNc2nnnn2-c2ccccc2)C[C@@H](C)O1. The molecule has 1 aliphatic rings. The zero-order valence-electron chi connectivity index (χ0n) is 13.7. The van der Waals surface area contributed by atoms with E-state index >= 15 is 0 Å². The van der Waals surface area contributed by atoms with Crippen molar-refractivity contribution in [2.24, 2.45) is 0 Å². The first-order chi connectivity index (χ1) is 11.2. The molecule has 2 aromatic rings. The molecule has 1 N–H and O–H groups in total. The molecule has 1 aliphatic heterocycles. The molecule has 1 aromatic carbocycles. The molecule has 0 radical (unpaired) electrons. The highest BCUT2D eigenvalue weighted by molar-refractivity contribution is 5.38. The molecular weight excluding hydrogens is 292 g/mol. The van der Waals surface area contributed by atoms with Crippen LogP contribution in [0.25, 0.3) is 5.69 Å². The van der Waals surface area contributed by atoms with E-state index in [0.717, 1.165) is 38.3 Å². The molecule has 3 rings (SSSR count). The Hall–Kier alpha value is -1.99. The van der Waals surface area contributed by atoms with Gasteiger partial charge in [0, 0.05) is 26.2 Å². The summed E-state index contributed by atoms with van der Waals surface area (Å²) in [5.74, 6) is 0.680. The number of para-hydroxylation sites is 1. The summed E-state index contributed by atoms with van der Waals surface area (Å²) in [7, 11) is 0. The summed E-state index contributed by atoms with van der Waals surface area (Å²) in [5, 5.41) is 15.2. The predicted molar refractivity (Wildman–Crippen MR) is 88.7 cm³/mol. The summed E-state index contributed by atoms with van der Waals surface area (Å²) in [5.41, 5.74) is 0.954. The summed E-state index contributed by atoms with van der Waals surface area (Å²) in [6.45, 7) is 8.17. The fraction of sp³-hybridized carbons (Fsp3) is 0.562. The van der Waals surface area contributed by atoms with Crippen LogP contribution in [-0.2, 0) is 4.74 Å². The van der Waals surface area contributed by atoms with Gasteiger partial charge in [0.15, 0.2) is 0 Å². The Morgan fingerprint density at radius 1 is 1.17 bits per heavy atom. The van der Waals surface area contributed by atoms with Crippen molar-refractivity contribution in [2.45, 2.75) is 32.5 Å². The van der Waals surface area contributed by atoms with E-state index in [1.165, 1.54) is 0 Å². The average Bonchev–Trinajstić information content (AvgIpc) is 3.00. The first kappa shape index (κ1) is 15.9. The Morgan fingerprint density at radius 2 is 1.91 bits per heavy atom. The lowest BCUT2D eigenvalue weighted by Gasteiger charge is -2.35. The van der Waals surface area contributed by atoms with Gasteiger partial charge in [0.2, 0.25) is 5.95 Å². The number of anilines is 1. The van der Waals surface area contributed by atoms with Crippen molar-refractivity contribution in [2.75, 3.05) is 31.5 Å². The lowest BCUT2D eigenvalue weighted by molar-refractivity contribution is -0.0678. The minimum absolute atomic E-state index is 0.317. The molecule has 7 heteroatoms. The first-order valence-corrected chi connectivity index (χ1v) is 8.18. The average molecular weight is 316 g/mol. The van der Waals surface area contributed by atoms with E-state index in [4.69, 9.17) is 4.74 Å². The van der Waals surface area contributed by atoms with Gasteiger partial charge in [0.05, 0.1) is 17.9 Å². The Morgan fingerprint density at radius 3 is 2.65 bits per heavy atom. The second-order valence-electron chi connectivity index (χ2n) is 6.05. The second-order valence-corrected chi connectivity index (χ2v) is 6.05. The van der Waals surface area contributed by atoms with E-state index < -0.39 is 0 Å². The third-order valence-electron chi connectivity index (χ3n) is 3.90. The number of tetrazole rings is 1. The fourth-order valence-corrected chi connectivity index (χ4v) is 3.01. The number of benzene rings is 1. The number of aromatic nitrogens is 4. The number of nitrogens with zero attached hydrogens (tertiary/aromatic N) is 5. The highest BCUT2D eigenvalue weighted by Gasteiger charge is 2.21. The van der Waals surface area contributed by atoms with Gasteiger partial charge in [-0.05, 0) is 42.8 Å². The number of nitrogens with one attached hydrogen (secondary N) is 1. The monoisotopic (exact) mass is 316 g/mol. The minimum Gasteiger partial charge on any atom is -0.373 e. The van der Waals surface area contributed by atoms with Crippen LogP contribution in [0.3, 0.4) is 0 Å². The van der Waals surface area contributed by atoms with Gasteiger partial charge in [-0.2, -0.15) is 4.68 Å². The molecule has 0 amide bonds. The van der Waals surface area contributed by atoms with E-state index in [2.05, 4.69) is 39.6 Å². The fourth-order valence-electron chi connectivity index (χ4n) is 3.01. The quantitative estimate of drug-likeness (QED) is 0.816. The topological polar surface area (TPSA) is 68.1 Å². The maximum atomic E-state index is 5.76. The van der Waals surface area contributed by atoms with E-state index in [1.807, 2.05) is 30.3 Å². The van der Waals surface area contributed by atoms with E-state index in [1.54, 1.807) is 4.68 Å².